The van der Waals surface area contributed by atoms with Crippen molar-refractivity contribution in [2.75, 3.05) is 26.2 Å². The van der Waals surface area contributed by atoms with Gasteiger partial charge in [0.2, 0.25) is 5.91 Å². The van der Waals surface area contributed by atoms with Crippen LogP contribution in [0.3, 0.4) is 0 Å². The first-order chi connectivity index (χ1) is 9.58. The molecule has 0 aliphatic heterocycles. The molecule has 0 aromatic carbocycles. The number of hydrogen-bond donors (Lipinski definition) is 1. The fourth-order valence-electron chi connectivity index (χ4n) is 2.02. The Labute approximate surface area is 126 Å². The molecule has 20 heavy (non-hydrogen) atoms. The molecule has 5 nitrogen and oxygen atoms in total. The Kier molecular flexibility index (Phi) is 7.62. The summed E-state index contributed by atoms with van der Waals surface area (Å²) in [7, 11) is 0. The van der Waals surface area contributed by atoms with Crippen molar-refractivity contribution in [2.24, 2.45) is 0 Å². The van der Waals surface area contributed by atoms with E-state index in [9.17, 15) is 4.79 Å². The second-order valence-electron chi connectivity index (χ2n) is 4.78. The van der Waals surface area contributed by atoms with Crippen LogP contribution in [0.15, 0.2) is 6.20 Å². The van der Waals surface area contributed by atoms with Crippen molar-refractivity contribution in [3.8, 4) is 0 Å². The molecule has 1 aromatic heterocycles. The monoisotopic (exact) mass is 300 g/mol. The van der Waals surface area contributed by atoms with Crippen LogP contribution in [0.2, 0.25) is 5.02 Å². The first-order valence-corrected chi connectivity index (χ1v) is 7.63. The summed E-state index contributed by atoms with van der Waals surface area (Å²) in [6.45, 7) is 10.7. The van der Waals surface area contributed by atoms with Gasteiger partial charge < -0.3 is 10.2 Å². The molecule has 1 N–H and O–H groups in total. The van der Waals surface area contributed by atoms with E-state index in [0.29, 0.717) is 18.0 Å². The lowest BCUT2D eigenvalue weighted by Gasteiger charge is -2.17. The van der Waals surface area contributed by atoms with Crippen LogP contribution in [0.1, 0.15) is 32.4 Å². The Hall–Kier alpha value is -1.07. The number of carbonyl (C=O) groups is 1. The molecule has 0 unspecified atom stereocenters. The maximum absolute atomic E-state index is 11.7. The number of nitrogens with zero attached hydrogens (tertiary/aromatic N) is 3. The quantitative estimate of drug-likeness (QED) is 0.711. The summed E-state index contributed by atoms with van der Waals surface area (Å²) in [5.41, 5.74) is 0.904. The summed E-state index contributed by atoms with van der Waals surface area (Å²) >= 11 is 5.92. The maximum Gasteiger partial charge on any atom is 0.221 e. The van der Waals surface area contributed by atoms with Crippen LogP contribution in [0.5, 0.6) is 0 Å². The van der Waals surface area contributed by atoms with Gasteiger partial charge in [-0.15, -0.1) is 0 Å². The van der Waals surface area contributed by atoms with Gasteiger partial charge in [0.05, 0.1) is 23.5 Å². The summed E-state index contributed by atoms with van der Waals surface area (Å²) in [5.74, 6) is 0.0653. The number of amides is 1. The fourth-order valence-corrected chi connectivity index (χ4v) is 2.16. The molecule has 1 aromatic rings. The number of aromatic nitrogens is 2. The van der Waals surface area contributed by atoms with Crippen LogP contribution in [0.4, 0.5) is 0 Å². The highest BCUT2D eigenvalue weighted by molar-refractivity contribution is 6.31. The Morgan fingerprint density at radius 2 is 2.15 bits per heavy atom. The van der Waals surface area contributed by atoms with Gasteiger partial charge in [-0.05, 0) is 33.0 Å². The zero-order chi connectivity index (χ0) is 15.0. The van der Waals surface area contributed by atoms with Gasteiger partial charge in [-0.2, -0.15) is 5.10 Å². The van der Waals surface area contributed by atoms with E-state index < -0.39 is 0 Å². The van der Waals surface area contributed by atoms with E-state index >= 15 is 0 Å². The van der Waals surface area contributed by atoms with E-state index in [1.165, 1.54) is 0 Å². The molecule has 1 amide bonds. The number of aryl methyl sites for hydroxylation is 1. The summed E-state index contributed by atoms with van der Waals surface area (Å²) < 4.78 is 1.76. The van der Waals surface area contributed by atoms with Crippen LogP contribution in [0.25, 0.3) is 0 Å². The molecule has 0 aliphatic carbocycles. The largest absolute Gasteiger partial charge is 0.356 e. The molecule has 1 heterocycles. The lowest BCUT2D eigenvalue weighted by atomic mass is 10.3. The molecule has 0 fully saturated rings. The minimum atomic E-state index is 0.0653. The van der Waals surface area contributed by atoms with Crippen LogP contribution in [0, 0.1) is 6.92 Å². The van der Waals surface area contributed by atoms with Gasteiger partial charge in [0.25, 0.3) is 0 Å². The SMILES string of the molecule is CCN(CC)CCCNC(=O)CCn1ncc(Cl)c1C. The third kappa shape index (κ3) is 5.51. The van der Waals surface area contributed by atoms with E-state index in [4.69, 9.17) is 11.6 Å². The standard InChI is InChI=1S/C14H25ClN4O/c1-4-18(5-2)9-6-8-16-14(20)7-10-19-12(3)13(15)11-17-19/h11H,4-10H2,1-3H3,(H,16,20). The van der Waals surface area contributed by atoms with Gasteiger partial charge in [0.15, 0.2) is 0 Å². The van der Waals surface area contributed by atoms with Crippen molar-refractivity contribution in [3.05, 3.63) is 16.9 Å². The number of carbonyl (C=O) groups excluding carboxylic acids is 1. The smallest absolute Gasteiger partial charge is 0.221 e. The van der Waals surface area contributed by atoms with Crippen molar-refractivity contribution < 1.29 is 4.79 Å². The van der Waals surface area contributed by atoms with Crippen LogP contribution < -0.4 is 5.32 Å². The third-order valence-corrected chi connectivity index (χ3v) is 3.83. The molecule has 1 rings (SSSR count). The lowest BCUT2D eigenvalue weighted by molar-refractivity contribution is -0.121. The van der Waals surface area contributed by atoms with Gasteiger partial charge >= 0.3 is 0 Å². The molecule has 114 valence electrons. The molecule has 0 radical (unpaired) electrons. The van der Waals surface area contributed by atoms with E-state index in [1.807, 2.05) is 6.92 Å². The highest BCUT2D eigenvalue weighted by Crippen LogP contribution is 2.13. The molecule has 0 saturated carbocycles. The molecule has 6 heteroatoms. The van der Waals surface area contributed by atoms with Gasteiger partial charge in [-0.3, -0.25) is 9.48 Å². The second kappa shape index (κ2) is 8.97. The van der Waals surface area contributed by atoms with Crippen LogP contribution in [-0.2, 0) is 11.3 Å². The average Bonchev–Trinajstić information content (AvgIpc) is 2.77. The molecule has 0 spiro atoms. The predicted octanol–water partition coefficient (Wildman–Crippen LogP) is 2.08. The Bertz CT molecular complexity index is 415. The van der Waals surface area contributed by atoms with Crippen molar-refractivity contribution in [1.29, 1.82) is 0 Å². The summed E-state index contributed by atoms with van der Waals surface area (Å²) in [6, 6.07) is 0. The molecular formula is C14H25ClN4O. The number of nitrogens with one attached hydrogen (secondary N) is 1. The normalized spacial score (nSPS) is 11.1. The zero-order valence-electron chi connectivity index (χ0n) is 12.7. The van der Waals surface area contributed by atoms with Gasteiger partial charge in [-0.1, -0.05) is 25.4 Å². The zero-order valence-corrected chi connectivity index (χ0v) is 13.4. The van der Waals surface area contributed by atoms with E-state index in [1.54, 1.807) is 10.9 Å². The van der Waals surface area contributed by atoms with E-state index in [0.717, 1.165) is 38.3 Å². The maximum atomic E-state index is 11.7. The molecule has 0 bridgehead atoms. The number of rotatable bonds is 9. The van der Waals surface area contributed by atoms with Crippen molar-refractivity contribution >= 4 is 17.5 Å². The molecule has 0 atom stereocenters. The first kappa shape index (κ1) is 17.0. The van der Waals surface area contributed by atoms with Crippen molar-refractivity contribution in [3.63, 3.8) is 0 Å². The van der Waals surface area contributed by atoms with Crippen molar-refractivity contribution in [2.45, 2.75) is 40.2 Å². The second-order valence-corrected chi connectivity index (χ2v) is 5.19. The van der Waals surface area contributed by atoms with Gasteiger partial charge in [0.1, 0.15) is 0 Å². The number of halogens is 1. The summed E-state index contributed by atoms with van der Waals surface area (Å²) in [6.07, 6.45) is 3.03. The van der Waals surface area contributed by atoms with Crippen LogP contribution in [-0.4, -0.2) is 46.8 Å². The average molecular weight is 301 g/mol. The minimum absolute atomic E-state index is 0.0653. The van der Waals surface area contributed by atoms with Gasteiger partial charge in [0, 0.05) is 13.0 Å². The Morgan fingerprint density at radius 1 is 1.45 bits per heavy atom. The van der Waals surface area contributed by atoms with E-state index in [-0.39, 0.29) is 5.91 Å². The number of hydrogen-bond acceptors (Lipinski definition) is 3. The van der Waals surface area contributed by atoms with Crippen molar-refractivity contribution in [1.82, 2.24) is 20.0 Å². The lowest BCUT2D eigenvalue weighted by Crippen LogP contribution is -2.30. The predicted molar refractivity (Wildman–Crippen MR) is 82.0 cm³/mol. The summed E-state index contributed by atoms with van der Waals surface area (Å²) in [4.78, 5) is 14.1. The fraction of sp³-hybridized carbons (Fsp3) is 0.714. The summed E-state index contributed by atoms with van der Waals surface area (Å²) in [5, 5.41) is 7.71. The Morgan fingerprint density at radius 3 is 2.70 bits per heavy atom. The van der Waals surface area contributed by atoms with Crippen LogP contribution >= 0.6 is 11.6 Å². The van der Waals surface area contributed by atoms with E-state index in [2.05, 4.69) is 29.2 Å². The van der Waals surface area contributed by atoms with Gasteiger partial charge in [-0.25, -0.2) is 0 Å². The highest BCUT2D eigenvalue weighted by atomic mass is 35.5. The first-order valence-electron chi connectivity index (χ1n) is 7.25. The highest BCUT2D eigenvalue weighted by Gasteiger charge is 2.06. The minimum Gasteiger partial charge on any atom is -0.356 e. The molecular weight excluding hydrogens is 276 g/mol. The molecule has 0 saturated heterocycles. The molecule has 0 aliphatic rings. The Balaban J connectivity index is 2.16. The topological polar surface area (TPSA) is 50.2 Å². The third-order valence-electron chi connectivity index (χ3n) is 3.46.